The van der Waals surface area contributed by atoms with Crippen LogP contribution in [-0.4, -0.2) is 34.3 Å². The number of nitrogens with zero attached hydrogens (tertiary/aromatic N) is 1. The van der Waals surface area contributed by atoms with Crippen molar-refractivity contribution in [2.75, 3.05) is 6.54 Å². The van der Waals surface area contributed by atoms with Crippen molar-refractivity contribution in [2.24, 2.45) is 0 Å². The molecule has 6 heteroatoms. The highest BCUT2D eigenvalue weighted by Gasteiger charge is 2.44. The Morgan fingerprint density at radius 1 is 1.12 bits per heavy atom. The first-order valence-electron chi connectivity index (χ1n) is 11.4. The van der Waals surface area contributed by atoms with Gasteiger partial charge in [-0.3, -0.25) is 9.59 Å². The van der Waals surface area contributed by atoms with Crippen LogP contribution in [0.15, 0.2) is 70.3 Å². The fourth-order valence-electron chi connectivity index (χ4n) is 4.25. The van der Waals surface area contributed by atoms with Crippen LogP contribution in [0.2, 0.25) is 0 Å². The van der Waals surface area contributed by atoms with Crippen LogP contribution in [-0.2, 0) is 4.79 Å². The van der Waals surface area contributed by atoms with Crippen molar-refractivity contribution in [3.8, 4) is 5.75 Å². The number of benzene rings is 2. The van der Waals surface area contributed by atoms with Crippen molar-refractivity contribution in [2.45, 2.75) is 52.2 Å². The normalized spacial score (nSPS) is 16.3. The van der Waals surface area contributed by atoms with Gasteiger partial charge in [0.05, 0.1) is 17.7 Å². The third-order valence-corrected chi connectivity index (χ3v) is 5.75. The van der Waals surface area contributed by atoms with Gasteiger partial charge in [-0.1, -0.05) is 50.1 Å². The van der Waals surface area contributed by atoms with E-state index in [-0.39, 0.29) is 17.4 Å². The summed E-state index contributed by atoms with van der Waals surface area (Å²) in [5.41, 5.74) is 1.33. The summed E-state index contributed by atoms with van der Waals surface area (Å²) >= 11 is 0. The summed E-state index contributed by atoms with van der Waals surface area (Å²) in [5.74, 6) is -0.802. The van der Waals surface area contributed by atoms with Gasteiger partial charge >= 0.3 is 0 Å². The summed E-state index contributed by atoms with van der Waals surface area (Å²) in [5, 5.41) is 11.6. The minimum Gasteiger partial charge on any atom is -0.503 e. The number of hydrogen-bond donors (Lipinski definition) is 1. The Morgan fingerprint density at radius 2 is 1.91 bits per heavy atom. The summed E-state index contributed by atoms with van der Waals surface area (Å²) in [7, 11) is 0. The lowest BCUT2D eigenvalue weighted by Crippen LogP contribution is -2.32. The fraction of sp³-hybridized carbons (Fsp3) is 0.333. The van der Waals surface area contributed by atoms with Gasteiger partial charge < -0.3 is 19.2 Å². The van der Waals surface area contributed by atoms with E-state index in [9.17, 15) is 14.7 Å². The predicted molar refractivity (Wildman–Crippen MR) is 126 cm³/mol. The van der Waals surface area contributed by atoms with E-state index in [1.54, 1.807) is 17.0 Å². The molecule has 0 aliphatic carbocycles. The van der Waals surface area contributed by atoms with E-state index < -0.39 is 23.5 Å². The molecular weight excluding hydrogens is 418 g/mol. The van der Waals surface area contributed by atoms with E-state index in [2.05, 4.69) is 6.92 Å². The first-order valence-corrected chi connectivity index (χ1v) is 11.4. The summed E-state index contributed by atoms with van der Waals surface area (Å²) in [6, 6.07) is 15.6. The number of furan rings is 1. The summed E-state index contributed by atoms with van der Waals surface area (Å²) in [4.78, 5) is 28.2. The summed E-state index contributed by atoms with van der Waals surface area (Å²) in [6.45, 7) is 6.39. The van der Waals surface area contributed by atoms with E-state index in [0.29, 0.717) is 23.4 Å². The van der Waals surface area contributed by atoms with Crippen LogP contribution in [0.25, 0.3) is 11.0 Å². The minimum absolute atomic E-state index is 0.0216. The number of unbranched alkanes of at least 4 members (excludes halogenated alkanes) is 2. The van der Waals surface area contributed by atoms with E-state index in [1.807, 2.05) is 56.3 Å². The second kappa shape index (κ2) is 9.53. The lowest BCUT2D eigenvalue weighted by Gasteiger charge is -2.27. The van der Waals surface area contributed by atoms with Gasteiger partial charge in [0, 0.05) is 11.9 Å². The zero-order valence-electron chi connectivity index (χ0n) is 19.2. The average molecular weight is 448 g/mol. The van der Waals surface area contributed by atoms with Crippen LogP contribution in [0, 0.1) is 0 Å². The van der Waals surface area contributed by atoms with Gasteiger partial charge in [0.25, 0.3) is 5.91 Å². The fourth-order valence-corrected chi connectivity index (χ4v) is 4.25. The average Bonchev–Trinajstić information content (AvgIpc) is 3.33. The second-order valence-electron chi connectivity index (χ2n) is 8.59. The highest BCUT2D eigenvalue weighted by molar-refractivity contribution is 6.16. The molecule has 6 nitrogen and oxygen atoms in total. The molecule has 1 unspecified atom stereocenters. The van der Waals surface area contributed by atoms with Crippen molar-refractivity contribution in [3.05, 3.63) is 77.3 Å². The third kappa shape index (κ3) is 4.51. The molecule has 4 rings (SSSR count). The number of ether oxygens (including phenoxy) is 1. The predicted octanol–water partition coefficient (Wildman–Crippen LogP) is 5.99. The maximum Gasteiger partial charge on any atom is 0.290 e. The van der Waals surface area contributed by atoms with Crippen LogP contribution in [0.4, 0.5) is 0 Å². The number of ketones is 1. The zero-order valence-corrected chi connectivity index (χ0v) is 19.2. The van der Waals surface area contributed by atoms with Crippen molar-refractivity contribution in [1.29, 1.82) is 0 Å². The van der Waals surface area contributed by atoms with Crippen molar-refractivity contribution in [3.63, 3.8) is 0 Å². The molecular formula is C27H29NO5. The Morgan fingerprint density at radius 3 is 2.64 bits per heavy atom. The molecule has 0 radical (unpaired) electrons. The number of fused-ring (bicyclic) bond motifs is 1. The molecule has 0 saturated heterocycles. The van der Waals surface area contributed by atoms with Gasteiger partial charge in [0.15, 0.2) is 11.5 Å². The smallest absolute Gasteiger partial charge is 0.290 e. The number of carbonyl (C=O) groups excluding carboxylic acids is 2. The number of carbonyl (C=O) groups is 2. The van der Waals surface area contributed by atoms with Gasteiger partial charge in [-0.25, -0.2) is 0 Å². The Hall–Kier alpha value is -3.54. The molecule has 0 bridgehead atoms. The SMILES string of the molecule is CCCCCN1C(=O)C(O)=C(C(=O)c2cc3ccccc3o2)C1c1cccc(OC(C)C)c1. The minimum atomic E-state index is -0.717. The van der Waals surface area contributed by atoms with E-state index in [1.165, 1.54) is 0 Å². The lowest BCUT2D eigenvalue weighted by atomic mass is 9.94. The molecule has 3 aromatic rings. The first-order chi connectivity index (χ1) is 15.9. The molecule has 1 aliphatic rings. The Kier molecular flexibility index (Phi) is 6.54. The Labute approximate surface area is 193 Å². The number of amides is 1. The molecule has 1 N–H and O–H groups in total. The molecule has 1 aromatic heterocycles. The molecule has 0 fully saturated rings. The summed E-state index contributed by atoms with van der Waals surface area (Å²) in [6.07, 6.45) is 2.70. The van der Waals surface area contributed by atoms with Crippen LogP contribution in [0.3, 0.4) is 0 Å². The molecule has 1 atom stereocenters. The van der Waals surface area contributed by atoms with E-state index >= 15 is 0 Å². The van der Waals surface area contributed by atoms with Gasteiger partial charge in [-0.05, 0) is 50.1 Å². The molecule has 1 amide bonds. The second-order valence-corrected chi connectivity index (χ2v) is 8.59. The number of rotatable bonds is 9. The number of hydrogen-bond acceptors (Lipinski definition) is 5. The largest absolute Gasteiger partial charge is 0.503 e. The van der Waals surface area contributed by atoms with Crippen molar-refractivity contribution >= 4 is 22.7 Å². The number of aliphatic hydroxyl groups excluding tert-OH is 1. The van der Waals surface area contributed by atoms with E-state index in [4.69, 9.17) is 9.15 Å². The Balaban J connectivity index is 1.77. The molecule has 0 spiro atoms. The maximum absolute atomic E-state index is 13.6. The maximum atomic E-state index is 13.6. The van der Waals surface area contributed by atoms with Crippen LogP contribution in [0.1, 0.15) is 62.2 Å². The zero-order chi connectivity index (χ0) is 23.5. The van der Waals surface area contributed by atoms with Crippen LogP contribution >= 0.6 is 0 Å². The highest BCUT2D eigenvalue weighted by atomic mass is 16.5. The number of Topliss-reactive ketones (excluding diaryl/α,β-unsaturated/α-hetero) is 1. The molecule has 33 heavy (non-hydrogen) atoms. The van der Waals surface area contributed by atoms with Gasteiger partial charge in [-0.2, -0.15) is 0 Å². The molecule has 0 saturated carbocycles. The lowest BCUT2D eigenvalue weighted by molar-refractivity contribution is -0.129. The first kappa shape index (κ1) is 22.6. The number of para-hydroxylation sites is 1. The van der Waals surface area contributed by atoms with Gasteiger partial charge in [-0.15, -0.1) is 0 Å². The van der Waals surface area contributed by atoms with Crippen molar-refractivity contribution < 1.29 is 23.8 Å². The third-order valence-electron chi connectivity index (χ3n) is 5.75. The monoisotopic (exact) mass is 447 g/mol. The summed E-state index contributed by atoms with van der Waals surface area (Å²) < 4.78 is 11.6. The quantitative estimate of drug-likeness (QED) is 0.322. The van der Waals surface area contributed by atoms with Crippen LogP contribution in [0.5, 0.6) is 5.75 Å². The van der Waals surface area contributed by atoms with Crippen LogP contribution < -0.4 is 4.74 Å². The van der Waals surface area contributed by atoms with Gasteiger partial charge in [0.1, 0.15) is 11.3 Å². The Bertz CT molecular complexity index is 1170. The molecule has 172 valence electrons. The molecule has 1 aliphatic heterocycles. The molecule has 2 heterocycles. The highest BCUT2D eigenvalue weighted by Crippen LogP contribution is 2.40. The topological polar surface area (TPSA) is 80.0 Å². The van der Waals surface area contributed by atoms with Gasteiger partial charge in [0.2, 0.25) is 5.78 Å². The standard InChI is InChI=1S/C27H29NO5/c1-4-5-8-14-28-24(19-11-9-12-20(15-19)32-17(2)3)23(26(30)27(28)31)25(29)22-16-18-10-6-7-13-21(18)33-22/h6-7,9-13,15-17,24,30H,4-5,8,14H2,1-3H3. The van der Waals surface area contributed by atoms with E-state index in [0.717, 1.165) is 24.6 Å². The number of aliphatic hydroxyl groups is 1. The van der Waals surface area contributed by atoms with Crippen molar-refractivity contribution in [1.82, 2.24) is 4.90 Å². The molecule has 2 aromatic carbocycles.